The van der Waals surface area contributed by atoms with Gasteiger partial charge in [0.1, 0.15) is 29.7 Å². The summed E-state index contributed by atoms with van der Waals surface area (Å²) >= 11 is 0. The van der Waals surface area contributed by atoms with E-state index in [0.29, 0.717) is 23.7 Å². The zero-order valence-electron chi connectivity index (χ0n) is 18.8. The number of halogens is 1. The molecule has 3 rings (SSSR count). The maximum absolute atomic E-state index is 14.7. The number of ether oxygens (including phenoxy) is 3. The molecule has 0 aliphatic rings. The first kappa shape index (κ1) is 22.4. The Bertz CT molecular complexity index is 1060. The minimum atomic E-state index is -0.310. The van der Waals surface area contributed by atoms with Crippen LogP contribution in [0.4, 0.5) is 4.39 Å². The number of allylic oxidation sites excluding steroid dienone is 1. The van der Waals surface area contributed by atoms with Crippen LogP contribution in [-0.2, 0) is 6.61 Å². The second kappa shape index (κ2) is 9.25. The number of hydrogen-bond donors (Lipinski definition) is 0. The molecule has 0 aliphatic heterocycles. The van der Waals surface area contributed by atoms with Crippen molar-refractivity contribution in [2.24, 2.45) is 5.41 Å². The number of hydrogen-bond acceptors (Lipinski definition) is 3. The Morgan fingerprint density at radius 2 is 1.42 bits per heavy atom. The third kappa shape index (κ3) is 5.26. The van der Waals surface area contributed by atoms with E-state index in [-0.39, 0.29) is 11.2 Å². The standard InChI is InChI=1S/C27H29FO3/c1-18(27(2,3)4)24-16-22(31-17-19-7-9-20(29-5)10-8-19)11-13-23(24)25-15-21(30-6)12-14-26(25)28/h7-16H,1,17H2,2-6H3. The second-order valence-electron chi connectivity index (χ2n) is 8.42. The lowest BCUT2D eigenvalue weighted by atomic mass is 9.80. The van der Waals surface area contributed by atoms with E-state index in [1.165, 1.54) is 6.07 Å². The van der Waals surface area contributed by atoms with E-state index in [9.17, 15) is 4.39 Å². The third-order valence-electron chi connectivity index (χ3n) is 5.25. The second-order valence-corrected chi connectivity index (χ2v) is 8.42. The van der Waals surface area contributed by atoms with Gasteiger partial charge < -0.3 is 14.2 Å². The number of benzene rings is 3. The van der Waals surface area contributed by atoms with E-state index >= 15 is 0 Å². The summed E-state index contributed by atoms with van der Waals surface area (Å²) in [7, 11) is 3.21. The van der Waals surface area contributed by atoms with E-state index in [0.717, 1.165) is 28.0 Å². The fourth-order valence-corrected chi connectivity index (χ4v) is 3.23. The molecule has 0 bridgehead atoms. The van der Waals surface area contributed by atoms with Crippen LogP contribution in [0.3, 0.4) is 0 Å². The fourth-order valence-electron chi connectivity index (χ4n) is 3.23. The van der Waals surface area contributed by atoms with Crippen molar-refractivity contribution in [2.45, 2.75) is 27.4 Å². The molecule has 0 N–H and O–H groups in total. The van der Waals surface area contributed by atoms with Gasteiger partial charge in [0, 0.05) is 5.56 Å². The Morgan fingerprint density at radius 1 is 0.806 bits per heavy atom. The van der Waals surface area contributed by atoms with Crippen LogP contribution in [0.2, 0.25) is 0 Å². The Kier molecular flexibility index (Phi) is 6.69. The van der Waals surface area contributed by atoms with Crippen molar-refractivity contribution in [1.82, 2.24) is 0 Å². The predicted octanol–water partition coefficient (Wildman–Crippen LogP) is 7.15. The largest absolute Gasteiger partial charge is 0.497 e. The van der Waals surface area contributed by atoms with Gasteiger partial charge in [-0.3, -0.25) is 0 Å². The van der Waals surface area contributed by atoms with Crippen LogP contribution < -0.4 is 14.2 Å². The topological polar surface area (TPSA) is 27.7 Å². The lowest BCUT2D eigenvalue weighted by Crippen LogP contribution is -2.09. The van der Waals surface area contributed by atoms with Crippen LogP contribution in [0.5, 0.6) is 17.2 Å². The molecule has 0 aromatic heterocycles. The lowest BCUT2D eigenvalue weighted by molar-refractivity contribution is 0.306. The first-order valence-corrected chi connectivity index (χ1v) is 10.2. The minimum absolute atomic E-state index is 0.196. The molecule has 0 heterocycles. The Hall–Kier alpha value is -3.27. The Labute approximate surface area is 184 Å². The highest BCUT2D eigenvalue weighted by atomic mass is 19.1. The van der Waals surface area contributed by atoms with Crippen molar-refractivity contribution in [3.05, 3.63) is 84.2 Å². The molecule has 0 aliphatic carbocycles. The molecule has 162 valence electrons. The molecule has 0 saturated heterocycles. The molecule has 0 saturated carbocycles. The van der Waals surface area contributed by atoms with Gasteiger partial charge in [0.2, 0.25) is 0 Å². The molecule has 3 aromatic carbocycles. The van der Waals surface area contributed by atoms with Crippen molar-refractivity contribution < 1.29 is 18.6 Å². The summed E-state index contributed by atoms with van der Waals surface area (Å²) in [5.74, 6) is 1.79. The van der Waals surface area contributed by atoms with Crippen LogP contribution >= 0.6 is 0 Å². The summed E-state index contributed by atoms with van der Waals surface area (Å²) < 4.78 is 31.3. The average molecular weight is 421 g/mol. The quantitative estimate of drug-likeness (QED) is 0.406. The minimum Gasteiger partial charge on any atom is -0.497 e. The van der Waals surface area contributed by atoms with E-state index in [1.54, 1.807) is 26.4 Å². The maximum Gasteiger partial charge on any atom is 0.131 e. The molecule has 0 unspecified atom stereocenters. The first-order valence-electron chi connectivity index (χ1n) is 10.2. The molecule has 0 amide bonds. The molecule has 0 spiro atoms. The summed E-state index contributed by atoms with van der Waals surface area (Å²) in [5, 5.41) is 0. The van der Waals surface area contributed by atoms with Crippen LogP contribution in [0, 0.1) is 11.2 Å². The zero-order valence-corrected chi connectivity index (χ0v) is 18.8. The summed E-state index contributed by atoms with van der Waals surface area (Å²) in [6.07, 6.45) is 0. The Balaban J connectivity index is 1.98. The van der Waals surface area contributed by atoms with Gasteiger partial charge in [-0.25, -0.2) is 4.39 Å². The lowest BCUT2D eigenvalue weighted by Gasteiger charge is -2.25. The van der Waals surface area contributed by atoms with Gasteiger partial charge in [-0.05, 0) is 76.2 Å². The van der Waals surface area contributed by atoms with Crippen LogP contribution in [0.25, 0.3) is 16.7 Å². The van der Waals surface area contributed by atoms with Crippen LogP contribution in [-0.4, -0.2) is 14.2 Å². The van der Waals surface area contributed by atoms with Crippen molar-refractivity contribution in [3.8, 4) is 28.4 Å². The molecule has 4 heteroatoms. The first-order chi connectivity index (χ1) is 14.7. The molecular formula is C27H29FO3. The smallest absolute Gasteiger partial charge is 0.131 e. The van der Waals surface area contributed by atoms with Crippen molar-refractivity contribution in [3.63, 3.8) is 0 Å². The van der Waals surface area contributed by atoms with Gasteiger partial charge in [0.05, 0.1) is 14.2 Å². The maximum atomic E-state index is 14.7. The summed E-state index contributed by atoms with van der Waals surface area (Å²) in [6.45, 7) is 11.0. The number of rotatable bonds is 7. The van der Waals surface area contributed by atoms with E-state index < -0.39 is 0 Å². The molecule has 0 radical (unpaired) electrons. The normalized spacial score (nSPS) is 11.2. The van der Waals surface area contributed by atoms with Gasteiger partial charge in [-0.15, -0.1) is 0 Å². The predicted molar refractivity (Wildman–Crippen MR) is 124 cm³/mol. The SMILES string of the molecule is C=C(c1cc(OCc2ccc(OC)cc2)ccc1-c1cc(OC)ccc1F)C(C)(C)C. The fraction of sp³-hybridized carbons (Fsp3) is 0.259. The summed E-state index contributed by atoms with van der Waals surface area (Å²) in [6, 6.07) is 18.2. The van der Waals surface area contributed by atoms with E-state index in [2.05, 4.69) is 27.4 Å². The highest BCUT2D eigenvalue weighted by Crippen LogP contribution is 2.41. The van der Waals surface area contributed by atoms with Crippen molar-refractivity contribution in [1.29, 1.82) is 0 Å². The highest BCUT2D eigenvalue weighted by Gasteiger charge is 2.22. The van der Waals surface area contributed by atoms with Crippen LogP contribution in [0.15, 0.2) is 67.2 Å². The van der Waals surface area contributed by atoms with Gasteiger partial charge in [0.15, 0.2) is 0 Å². The summed E-state index contributed by atoms with van der Waals surface area (Å²) in [5.41, 5.74) is 3.82. The van der Waals surface area contributed by atoms with Crippen LogP contribution in [0.1, 0.15) is 31.9 Å². The van der Waals surface area contributed by atoms with Gasteiger partial charge in [-0.1, -0.05) is 39.5 Å². The Morgan fingerprint density at radius 3 is 2.03 bits per heavy atom. The van der Waals surface area contributed by atoms with Crippen molar-refractivity contribution >= 4 is 5.57 Å². The zero-order chi connectivity index (χ0) is 22.6. The van der Waals surface area contributed by atoms with Gasteiger partial charge in [0.25, 0.3) is 0 Å². The monoisotopic (exact) mass is 420 g/mol. The molecule has 3 aromatic rings. The molecular weight excluding hydrogens is 391 g/mol. The van der Waals surface area contributed by atoms with Gasteiger partial charge >= 0.3 is 0 Å². The molecule has 31 heavy (non-hydrogen) atoms. The molecule has 0 fully saturated rings. The third-order valence-corrected chi connectivity index (χ3v) is 5.25. The van der Waals surface area contributed by atoms with E-state index in [4.69, 9.17) is 14.2 Å². The number of methoxy groups -OCH3 is 2. The highest BCUT2D eigenvalue weighted by molar-refractivity contribution is 5.83. The van der Waals surface area contributed by atoms with Gasteiger partial charge in [-0.2, -0.15) is 0 Å². The van der Waals surface area contributed by atoms with E-state index in [1.807, 2.05) is 42.5 Å². The average Bonchev–Trinajstić information content (AvgIpc) is 2.77. The molecule has 3 nitrogen and oxygen atoms in total. The molecule has 0 atom stereocenters. The van der Waals surface area contributed by atoms with Crippen molar-refractivity contribution in [2.75, 3.05) is 14.2 Å². The summed E-state index contributed by atoms with van der Waals surface area (Å²) in [4.78, 5) is 0.